The van der Waals surface area contributed by atoms with Crippen LogP contribution in [0.1, 0.15) is 43.5 Å². The van der Waals surface area contributed by atoms with Gasteiger partial charge in [0.25, 0.3) is 5.91 Å². The number of nitrogens with one attached hydrogen (secondary N) is 2. The lowest BCUT2D eigenvalue weighted by Crippen LogP contribution is -2.52. The van der Waals surface area contributed by atoms with Crippen LogP contribution in [0.25, 0.3) is 11.3 Å². The molecule has 0 radical (unpaired) electrons. The molecule has 1 heterocycles. The number of nitrogens with two attached hydrogens (primary N) is 4. The lowest BCUT2D eigenvalue weighted by molar-refractivity contribution is -0.142. The number of carboxylic acid groups (broad SMARTS) is 1. The number of carboxylic acids is 1. The summed E-state index contributed by atoms with van der Waals surface area (Å²) >= 11 is 1.25. The van der Waals surface area contributed by atoms with Gasteiger partial charge in [-0.2, -0.15) is 4.99 Å². The largest absolute Gasteiger partial charge is 0.480 e. The molecule has 0 aliphatic carbocycles. The molecule has 0 aliphatic rings. The van der Waals surface area contributed by atoms with Crippen LogP contribution in [0.2, 0.25) is 0 Å². The summed E-state index contributed by atoms with van der Waals surface area (Å²) in [5, 5.41) is 16.9. The molecule has 2 rings (SSSR count). The minimum atomic E-state index is -1.19. The van der Waals surface area contributed by atoms with Crippen molar-refractivity contribution in [2.75, 3.05) is 6.54 Å². The highest BCUT2D eigenvalue weighted by Crippen LogP contribution is 2.27. The number of carbonyl (C=O) groups excluding carboxylic acids is 2. The molecule has 1 aromatic heterocycles. The van der Waals surface area contributed by atoms with Crippen LogP contribution in [-0.2, 0) is 9.59 Å². The molecule has 14 heteroatoms. The van der Waals surface area contributed by atoms with E-state index in [0.29, 0.717) is 34.8 Å². The summed E-state index contributed by atoms with van der Waals surface area (Å²) in [5.74, 6) is -2.41. The average molecular weight is 532 g/mol. The molecule has 0 unspecified atom stereocenters. The Morgan fingerprint density at radius 1 is 1.08 bits per heavy atom. The number of rotatable bonds is 13. The number of aliphatic imine (C=N–C) groups is 2. The zero-order valence-corrected chi connectivity index (χ0v) is 21.5. The maximum atomic E-state index is 13.1. The Labute approximate surface area is 218 Å². The van der Waals surface area contributed by atoms with E-state index in [2.05, 4.69) is 25.6 Å². The van der Waals surface area contributed by atoms with E-state index in [-0.39, 0.29) is 30.8 Å². The van der Waals surface area contributed by atoms with Gasteiger partial charge in [-0.05, 0) is 37.3 Å². The van der Waals surface area contributed by atoms with Crippen molar-refractivity contribution < 1.29 is 19.5 Å². The van der Waals surface area contributed by atoms with Gasteiger partial charge in [0.2, 0.25) is 11.0 Å². The first-order chi connectivity index (χ1) is 17.5. The van der Waals surface area contributed by atoms with Gasteiger partial charge in [0.1, 0.15) is 12.1 Å². The molecule has 0 fully saturated rings. The molecule has 0 saturated heterocycles. The van der Waals surface area contributed by atoms with Crippen molar-refractivity contribution in [3.05, 3.63) is 35.2 Å². The maximum Gasteiger partial charge on any atom is 0.326 e. The molecule has 13 nitrogen and oxygen atoms in total. The fourth-order valence-electron chi connectivity index (χ4n) is 3.36. The quantitative estimate of drug-likeness (QED) is 0.108. The lowest BCUT2D eigenvalue weighted by atomic mass is 10.0. The number of guanidine groups is 2. The number of aromatic nitrogens is 1. The molecule has 200 valence electrons. The van der Waals surface area contributed by atoms with E-state index < -0.39 is 29.9 Å². The highest BCUT2D eigenvalue weighted by Gasteiger charge is 2.27. The van der Waals surface area contributed by atoms with E-state index >= 15 is 0 Å². The average Bonchev–Trinajstić information content (AvgIpc) is 3.27. The number of hydrogen-bond donors (Lipinski definition) is 7. The molecule has 37 heavy (non-hydrogen) atoms. The van der Waals surface area contributed by atoms with Crippen molar-refractivity contribution >= 4 is 46.2 Å². The van der Waals surface area contributed by atoms with Crippen LogP contribution in [0.3, 0.4) is 0 Å². The van der Waals surface area contributed by atoms with E-state index in [1.807, 2.05) is 13.8 Å². The van der Waals surface area contributed by atoms with E-state index in [0.717, 1.165) is 0 Å². The summed E-state index contributed by atoms with van der Waals surface area (Å²) in [7, 11) is 0. The Bertz CT molecular complexity index is 1150. The maximum absolute atomic E-state index is 13.1. The molecule has 2 atom stereocenters. The number of nitrogens with zero attached hydrogens (tertiary/aromatic N) is 3. The van der Waals surface area contributed by atoms with Crippen molar-refractivity contribution in [3.8, 4) is 11.3 Å². The number of hydrogen-bond acceptors (Lipinski definition) is 7. The van der Waals surface area contributed by atoms with Crippen molar-refractivity contribution in [3.63, 3.8) is 0 Å². The zero-order chi connectivity index (χ0) is 27.5. The standard InChI is InChI=1S/C23H33N9O4S/c1-12(2)9-16(19(34)29-15(20(35)36)7-4-8-28-21(24)25)30-18(33)14-6-3-5-13(10-14)17-11-37-23(31-17)32-22(26)27/h3,5-6,10-12,15-16H,4,7-9H2,1-2H3,(H,29,34)(H,30,33)(H,35,36)(H4,24,25,28)(H4,26,27,31,32)/t15-,16-/m0/s1. The fourth-order valence-corrected chi connectivity index (χ4v) is 4.07. The fraction of sp³-hybridized carbons (Fsp3) is 0.391. The van der Waals surface area contributed by atoms with Gasteiger partial charge in [-0.15, -0.1) is 11.3 Å². The first kappa shape index (κ1) is 29.0. The monoisotopic (exact) mass is 531 g/mol. The molecule has 1 aromatic carbocycles. The first-order valence-electron chi connectivity index (χ1n) is 11.5. The smallest absolute Gasteiger partial charge is 0.326 e. The van der Waals surface area contributed by atoms with Crippen molar-refractivity contribution in [1.29, 1.82) is 0 Å². The summed E-state index contributed by atoms with van der Waals surface area (Å²) in [4.78, 5) is 49.8. The van der Waals surface area contributed by atoms with E-state index in [1.54, 1.807) is 29.6 Å². The van der Waals surface area contributed by atoms with Crippen molar-refractivity contribution in [2.45, 2.75) is 45.2 Å². The van der Waals surface area contributed by atoms with Crippen LogP contribution in [0.4, 0.5) is 5.13 Å². The second kappa shape index (κ2) is 13.8. The SMILES string of the molecule is CC(C)C[C@H](NC(=O)c1cccc(-c2csc(N=C(N)N)n2)c1)C(=O)N[C@@H](CCCN=C(N)N)C(=O)O. The molecular formula is C23H33N9O4S. The number of thiazole rings is 1. The molecule has 11 N–H and O–H groups in total. The van der Waals surface area contributed by atoms with Gasteiger partial charge >= 0.3 is 5.97 Å². The summed E-state index contributed by atoms with van der Waals surface area (Å²) in [6.45, 7) is 4.03. The second-order valence-corrected chi connectivity index (χ2v) is 9.47. The Morgan fingerprint density at radius 2 is 1.81 bits per heavy atom. The third-order valence-electron chi connectivity index (χ3n) is 5.03. The van der Waals surface area contributed by atoms with Crippen molar-refractivity contribution in [2.24, 2.45) is 38.8 Å². The Kier molecular flexibility index (Phi) is 10.8. The number of carbonyl (C=O) groups is 3. The molecule has 0 bridgehead atoms. The Morgan fingerprint density at radius 3 is 2.43 bits per heavy atom. The van der Waals surface area contributed by atoms with E-state index in [4.69, 9.17) is 22.9 Å². The molecular weight excluding hydrogens is 498 g/mol. The predicted molar refractivity (Wildman–Crippen MR) is 143 cm³/mol. The highest BCUT2D eigenvalue weighted by atomic mass is 32.1. The Hall–Kier alpha value is -4.20. The van der Waals surface area contributed by atoms with Crippen LogP contribution < -0.4 is 33.6 Å². The zero-order valence-electron chi connectivity index (χ0n) is 20.7. The number of benzene rings is 1. The van der Waals surface area contributed by atoms with E-state index in [1.165, 1.54) is 11.3 Å². The van der Waals surface area contributed by atoms with E-state index in [9.17, 15) is 19.5 Å². The predicted octanol–water partition coefficient (Wildman–Crippen LogP) is 0.483. The van der Waals surface area contributed by atoms with Crippen LogP contribution in [0.5, 0.6) is 0 Å². The summed E-state index contributed by atoms with van der Waals surface area (Å²) < 4.78 is 0. The molecule has 0 saturated carbocycles. The highest BCUT2D eigenvalue weighted by molar-refractivity contribution is 7.13. The van der Waals surface area contributed by atoms with Gasteiger partial charge in [-0.3, -0.25) is 14.6 Å². The molecule has 0 spiro atoms. The topological polar surface area (TPSA) is 237 Å². The van der Waals surface area contributed by atoms with Gasteiger partial charge in [0.15, 0.2) is 11.9 Å². The summed E-state index contributed by atoms with van der Waals surface area (Å²) in [6, 6.07) is 4.62. The molecule has 2 aromatic rings. The summed E-state index contributed by atoms with van der Waals surface area (Å²) in [5.41, 5.74) is 22.9. The van der Waals surface area contributed by atoms with Gasteiger partial charge in [0, 0.05) is 23.1 Å². The van der Waals surface area contributed by atoms with Crippen molar-refractivity contribution in [1.82, 2.24) is 15.6 Å². The van der Waals surface area contributed by atoms with Gasteiger partial charge in [-0.25, -0.2) is 9.78 Å². The first-order valence-corrected chi connectivity index (χ1v) is 12.4. The van der Waals surface area contributed by atoms with Crippen LogP contribution in [0, 0.1) is 5.92 Å². The minimum absolute atomic E-state index is 0.0523. The Balaban J connectivity index is 2.14. The normalized spacial score (nSPS) is 12.3. The van der Waals surface area contributed by atoms with Gasteiger partial charge in [-0.1, -0.05) is 26.0 Å². The lowest BCUT2D eigenvalue weighted by Gasteiger charge is -2.23. The summed E-state index contributed by atoms with van der Waals surface area (Å²) in [6.07, 6.45) is 0.786. The van der Waals surface area contributed by atoms with Gasteiger partial charge < -0.3 is 38.7 Å². The second-order valence-electron chi connectivity index (χ2n) is 8.64. The third kappa shape index (κ3) is 9.76. The van der Waals surface area contributed by atoms with Crippen LogP contribution in [-0.4, -0.2) is 58.4 Å². The molecule has 2 amide bonds. The van der Waals surface area contributed by atoms with Crippen LogP contribution in [0.15, 0.2) is 39.6 Å². The molecule has 0 aliphatic heterocycles. The third-order valence-corrected chi connectivity index (χ3v) is 5.76. The minimum Gasteiger partial charge on any atom is -0.480 e. The number of aliphatic carboxylic acids is 1. The van der Waals surface area contributed by atoms with Gasteiger partial charge in [0.05, 0.1) is 5.69 Å². The van der Waals surface area contributed by atoms with Crippen LogP contribution >= 0.6 is 11.3 Å². The number of amides is 2.